The molecule has 0 fully saturated rings. The maximum atomic E-state index is 11.8. The number of hydrogen-bond donors (Lipinski definition) is 1. The van der Waals surface area contributed by atoms with Crippen LogP contribution in [0.3, 0.4) is 0 Å². The molecule has 0 aliphatic rings. The van der Waals surface area contributed by atoms with Gasteiger partial charge in [0.2, 0.25) is 0 Å². The molecule has 2 aromatic heterocycles. The summed E-state index contributed by atoms with van der Waals surface area (Å²) in [6.45, 7) is 0.866. The number of hydrogen-bond acceptors (Lipinski definition) is 3. The second-order valence-corrected chi connectivity index (χ2v) is 6.25. The zero-order valence-electron chi connectivity index (χ0n) is 15.1. The van der Waals surface area contributed by atoms with Gasteiger partial charge in [0.1, 0.15) is 24.7 Å². The van der Waals surface area contributed by atoms with Crippen LogP contribution in [0.4, 0.5) is 0 Å². The zero-order chi connectivity index (χ0) is 19.3. The van der Waals surface area contributed by atoms with Crippen molar-refractivity contribution in [1.29, 1.82) is 0 Å². The van der Waals surface area contributed by atoms with Gasteiger partial charge in [-0.25, -0.2) is 4.79 Å². The fourth-order valence-electron chi connectivity index (χ4n) is 3.13. The molecule has 0 saturated carbocycles. The lowest BCUT2D eigenvalue weighted by Gasteiger charge is -2.09. The van der Waals surface area contributed by atoms with Gasteiger partial charge < -0.3 is 19.0 Å². The highest BCUT2D eigenvalue weighted by Crippen LogP contribution is 2.30. The number of pyridine rings is 1. The van der Waals surface area contributed by atoms with Crippen LogP contribution in [0.1, 0.15) is 10.4 Å². The molecule has 5 heteroatoms. The Kier molecular flexibility index (Phi) is 4.97. The number of fused-ring (bicyclic) bond motifs is 1. The number of ether oxygens (including phenoxy) is 2. The van der Waals surface area contributed by atoms with Gasteiger partial charge in [-0.05, 0) is 42.0 Å². The van der Waals surface area contributed by atoms with Gasteiger partial charge in [0, 0.05) is 18.0 Å². The lowest BCUT2D eigenvalue weighted by atomic mass is 10.0. The molecule has 5 nitrogen and oxygen atoms in total. The van der Waals surface area contributed by atoms with Gasteiger partial charge in [-0.3, -0.25) is 0 Å². The van der Waals surface area contributed by atoms with E-state index in [1.165, 1.54) is 0 Å². The molecule has 4 rings (SSSR count). The Morgan fingerprint density at radius 3 is 2.14 bits per heavy atom. The lowest BCUT2D eigenvalue weighted by molar-refractivity contribution is 0.0700. The summed E-state index contributed by atoms with van der Waals surface area (Å²) in [4.78, 5) is 11.8. The minimum absolute atomic E-state index is 0.297. The van der Waals surface area contributed by atoms with Crippen molar-refractivity contribution < 1.29 is 19.4 Å². The summed E-state index contributed by atoms with van der Waals surface area (Å²) in [5, 5.41) is 9.65. The minimum atomic E-state index is -0.943. The topological polar surface area (TPSA) is 60.2 Å². The van der Waals surface area contributed by atoms with Gasteiger partial charge in [0.05, 0.1) is 11.1 Å². The quantitative estimate of drug-likeness (QED) is 0.475. The van der Waals surface area contributed by atoms with Crippen LogP contribution in [0.25, 0.3) is 16.6 Å². The van der Waals surface area contributed by atoms with Crippen LogP contribution in [-0.4, -0.2) is 28.7 Å². The molecule has 0 amide bonds. The fourth-order valence-corrected chi connectivity index (χ4v) is 3.13. The first-order valence-corrected chi connectivity index (χ1v) is 8.96. The fraction of sp³-hybridized carbons (Fsp3) is 0.0870. The van der Waals surface area contributed by atoms with E-state index in [9.17, 15) is 9.90 Å². The van der Waals surface area contributed by atoms with Gasteiger partial charge in [-0.1, -0.05) is 36.4 Å². The first-order chi connectivity index (χ1) is 13.7. The van der Waals surface area contributed by atoms with Gasteiger partial charge in [-0.15, -0.1) is 0 Å². The highest BCUT2D eigenvalue weighted by atomic mass is 16.5. The average Bonchev–Trinajstić information content (AvgIpc) is 3.12. The molecule has 0 aliphatic carbocycles. The van der Waals surface area contributed by atoms with Gasteiger partial charge >= 0.3 is 5.97 Å². The van der Waals surface area contributed by atoms with E-state index in [0.717, 1.165) is 11.3 Å². The largest absolute Gasteiger partial charge is 0.490 e. The van der Waals surface area contributed by atoms with E-state index in [-0.39, 0.29) is 0 Å². The third kappa shape index (κ3) is 3.69. The molecule has 28 heavy (non-hydrogen) atoms. The van der Waals surface area contributed by atoms with Crippen molar-refractivity contribution in [3.05, 3.63) is 90.8 Å². The Morgan fingerprint density at radius 2 is 1.46 bits per heavy atom. The predicted molar refractivity (Wildman–Crippen MR) is 107 cm³/mol. The molecule has 0 aliphatic heterocycles. The molecule has 140 valence electrons. The molecular formula is C23H19NO4. The molecule has 1 N–H and O–H groups in total. The van der Waals surface area contributed by atoms with Gasteiger partial charge in [0.15, 0.2) is 0 Å². The first kappa shape index (κ1) is 17.7. The lowest BCUT2D eigenvalue weighted by Crippen LogP contribution is -2.08. The first-order valence-electron chi connectivity index (χ1n) is 8.96. The number of carboxylic acid groups (broad SMARTS) is 1. The Labute approximate surface area is 162 Å². The normalized spacial score (nSPS) is 10.7. The molecule has 4 aromatic rings. The number of aromatic carboxylic acids is 1. The number of nitrogens with zero attached hydrogens (tertiary/aromatic N) is 1. The molecule has 0 atom stereocenters. The number of rotatable bonds is 7. The number of carbonyl (C=O) groups is 1. The molecule has 2 heterocycles. The van der Waals surface area contributed by atoms with Gasteiger partial charge in [-0.2, -0.15) is 0 Å². The predicted octanol–water partition coefficient (Wildman–Crippen LogP) is 4.76. The van der Waals surface area contributed by atoms with Crippen molar-refractivity contribution >= 4 is 11.5 Å². The van der Waals surface area contributed by atoms with E-state index in [4.69, 9.17) is 9.47 Å². The second-order valence-electron chi connectivity index (χ2n) is 6.25. The summed E-state index contributed by atoms with van der Waals surface area (Å²) >= 11 is 0. The number of para-hydroxylation sites is 1. The van der Waals surface area contributed by atoms with Crippen molar-refractivity contribution in [1.82, 2.24) is 4.40 Å². The molecule has 0 spiro atoms. The monoisotopic (exact) mass is 373 g/mol. The standard InChI is InChI=1S/C23H19NO4/c25-23(26)22-20(16-24-13-5-4-8-21(22)24)17-9-11-19(12-10-17)28-15-14-27-18-6-2-1-3-7-18/h1-13,16H,14-15H2,(H,25,26). The van der Waals surface area contributed by atoms with Crippen LogP contribution in [0.15, 0.2) is 85.2 Å². The van der Waals surface area contributed by atoms with E-state index >= 15 is 0 Å². The summed E-state index contributed by atoms with van der Waals surface area (Å²) in [6, 6.07) is 22.5. The molecule has 0 radical (unpaired) electrons. The van der Waals surface area contributed by atoms with Crippen LogP contribution >= 0.6 is 0 Å². The SMILES string of the molecule is O=C(O)c1c(-c2ccc(OCCOc3ccccc3)cc2)cn2ccccc12. The number of carboxylic acids is 1. The second kappa shape index (κ2) is 7.88. The summed E-state index contributed by atoms with van der Waals surface area (Å²) < 4.78 is 13.1. The molecule has 0 bridgehead atoms. The Hall–Kier alpha value is -3.73. The van der Waals surface area contributed by atoms with Crippen molar-refractivity contribution in [2.75, 3.05) is 13.2 Å². The summed E-state index contributed by atoms with van der Waals surface area (Å²) in [5.74, 6) is 0.576. The molecular weight excluding hydrogens is 354 g/mol. The minimum Gasteiger partial charge on any atom is -0.490 e. The van der Waals surface area contributed by atoms with Crippen LogP contribution in [0, 0.1) is 0 Å². The van der Waals surface area contributed by atoms with E-state index < -0.39 is 5.97 Å². The number of aromatic nitrogens is 1. The van der Waals surface area contributed by atoms with Crippen LogP contribution in [0.2, 0.25) is 0 Å². The smallest absolute Gasteiger partial charge is 0.338 e. The average molecular weight is 373 g/mol. The van der Waals surface area contributed by atoms with Crippen molar-refractivity contribution in [3.8, 4) is 22.6 Å². The third-order valence-electron chi connectivity index (χ3n) is 4.43. The Balaban J connectivity index is 1.45. The van der Waals surface area contributed by atoms with Crippen molar-refractivity contribution in [2.24, 2.45) is 0 Å². The summed E-state index contributed by atoms with van der Waals surface area (Å²) in [6.07, 6.45) is 3.68. The van der Waals surface area contributed by atoms with Crippen molar-refractivity contribution in [2.45, 2.75) is 0 Å². The number of benzene rings is 2. The Bertz CT molecular complexity index is 1080. The summed E-state index contributed by atoms with van der Waals surface area (Å²) in [7, 11) is 0. The van der Waals surface area contributed by atoms with E-state index in [1.807, 2.05) is 83.5 Å². The molecule has 0 saturated heterocycles. The maximum Gasteiger partial charge on any atom is 0.338 e. The van der Waals surface area contributed by atoms with E-state index in [1.54, 1.807) is 6.07 Å². The van der Waals surface area contributed by atoms with E-state index in [2.05, 4.69) is 0 Å². The van der Waals surface area contributed by atoms with Gasteiger partial charge in [0.25, 0.3) is 0 Å². The third-order valence-corrected chi connectivity index (χ3v) is 4.43. The molecule has 2 aromatic carbocycles. The zero-order valence-corrected chi connectivity index (χ0v) is 15.1. The highest BCUT2D eigenvalue weighted by Gasteiger charge is 2.18. The molecule has 0 unspecified atom stereocenters. The summed E-state index contributed by atoms with van der Waals surface area (Å²) in [5.41, 5.74) is 2.47. The van der Waals surface area contributed by atoms with Crippen LogP contribution in [-0.2, 0) is 0 Å². The highest BCUT2D eigenvalue weighted by molar-refractivity contribution is 6.03. The maximum absolute atomic E-state index is 11.8. The van der Waals surface area contributed by atoms with E-state index in [0.29, 0.717) is 35.6 Å². The van der Waals surface area contributed by atoms with Crippen molar-refractivity contribution in [3.63, 3.8) is 0 Å². The Morgan fingerprint density at radius 1 is 0.821 bits per heavy atom. The van der Waals surface area contributed by atoms with Crippen LogP contribution in [0.5, 0.6) is 11.5 Å². The van der Waals surface area contributed by atoms with Crippen LogP contribution < -0.4 is 9.47 Å².